The van der Waals surface area contributed by atoms with E-state index in [9.17, 15) is 0 Å². The molecule has 1 aliphatic rings. The van der Waals surface area contributed by atoms with Crippen LogP contribution in [-0.2, 0) is 6.54 Å². The first-order valence-electron chi connectivity index (χ1n) is 7.20. The van der Waals surface area contributed by atoms with Gasteiger partial charge in [-0.2, -0.15) is 0 Å². The minimum atomic E-state index is 0. The van der Waals surface area contributed by atoms with Crippen molar-refractivity contribution >= 4 is 29.9 Å². The molecule has 0 aromatic heterocycles. The van der Waals surface area contributed by atoms with Gasteiger partial charge in [0.25, 0.3) is 0 Å². The zero-order chi connectivity index (χ0) is 13.7. The molecule has 0 saturated carbocycles. The number of rotatable bonds is 2. The largest absolute Gasteiger partial charge is 0.352 e. The Labute approximate surface area is 139 Å². The monoisotopic (exact) mass is 387 g/mol. The molecule has 0 bridgehead atoms. The third-order valence-electron chi connectivity index (χ3n) is 3.87. The highest BCUT2D eigenvalue weighted by Gasteiger charge is 2.18. The van der Waals surface area contributed by atoms with E-state index in [4.69, 9.17) is 0 Å². The number of aryl methyl sites for hydroxylation is 1. The normalized spacial score (nSPS) is 16.8. The highest BCUT2D eigenvalue weighted by Crippen LogP contribution is 2.16. The summed E-state index contributed by atoms with van der Waals surface area (Å²) in [4.78, 5) is 6.77. The van der Waals surface area contributed by atoms with Crippen molar-refractivity contribution in [1.29, 1.82) is 0 Å². The first-order chi connectivity index (χ1) is 9.19. The van der Waals surface area contributed by atoms with Gasteiger partial charge in [-0.25, -0.2) is 0 Å². The number of halogens is 1. The number of guanidine groups is 1. The van der Waals surface area contributed by atoms with Crippen LogP contribution in [-0.4, -0.2) is 31.0 Å². The summed E-state index contributed by atoms with van der Waals surface area (Å²) in [5, 5.41) is 3.47. The average molecular weight is 387 g/mol. The summed E-state index contributed by atoms with van der Waals surface area (Å²) >= 11 is 0. The van der Waals surface area contributed by atoms with Gasteiger partial charge in [-0.1, -0.05) is 36.8 Å². The van der Waals surface area contributed by atoms with Crippen LogP contribution in [0.3, 0.4) is 0 Å². The predicted molar refractivity (Wildman–Crippen MR) is 96.8 cm³/mol. The molecule has 1 heterocycles. The van der Waals surface area contributed by atoms with E-state index in [1.165, 1.54) is 24.0 Å². The summed E-state index contributed by atoms with van der Waals surface area (Å²) in [7, 11) is 1.87. The lowest BCUT2D eigenvalue weighted by atomic mass is 9.99. The maximum atomic E-state index is 4.40. The van der Waals surface area contributed by atoms with Crippen molar-refractivity contribution in [2.45, 2.75) is 33.2 Å². The van der Waals surface area contributed by atoms with Crippen molar-refractivity contribution in [3.63, 3.8) is 0 Å². The molecule has 0 unspecified atom stereocenters. The zero-order valence-corrected chi connectivity index (χ0v) is 15.1. The van der Waals surface area contributed by atoms with Crippen molar-refractivity contribution < 1.29 is 0 Å². The lowest BCUT2D eigenvalue weighted by Crippen LogP contribution is -2.45. The molecule has 3 nitrogen and oxygen atoms in total. The second-order valence-electron chi connectivity index (χ2n) is 5.56. The van der Waals surface area contributed by atoms with Crippen LogP contribution < -0.4 is 5.32 Å². The van der Waals surface area contributed by atoms with Crippen LogP contribution in [0.1, 0.15) is 30.9 Å². The number of nitrogens with one attached hydrogen (secondary N) is 1. The molecule has 20 heavy (non-hydrogen) atoms. The van der Waals surface area contributed by atoms with Gasteiger partial charge >= 0.3 is 0 Å². The topological polar surface area (TPSA) is 27.6 Å². The van der Waals surface area contributed by atoms with Crippen LogP contribution in [0.4, 0.5) is 0 Å². The number of likely N-dealkylation sites (tertiary alicyclic amines) is 1. The van der Waals surface area contributed by atoms with E-state index < -0.39 is 0 Å². The Bertz CT molecular complexity index is 420. The molecular weight excluding hydrogens is 361 g/mol. The average Bonchev–Trinajstić information content (AvgIpc) is 2.43. The maximum Gasteiger partial charge on any atom is 0.193 e. The SMILES string of the molecule is CN=C(NCc1ccc(C)cc1)N1CCC(C)CC1.I. The Hall–Kier alpha value is -0.780. The van der Waals surface area contributed by atoms with Gasteiger partial charge in [0.05, 0.1) is 0 Å². The minimum absolute atomic E-state index is 0. The molecule has 1 N–H and O–H groups in total. The first kappa shape index (κ1) is 17.3. The molecule has 2 rings (SSSR count). The summed E-state index contributed by atoms with van der Waals surface area (Å²) in [6, 6.07) is 8.66. The second kappa shape index (κ2) is 8.49. The van der Waals surface area contributed by atoms with Gasteiger partial charge in [-0.05, 0) is 31.2 Å². The van der Waals surface area contributed by atoms with Gasteiger partial charge in [-0.15, -0.1) is 24.0 Å². The molecule has 1 aromatic carbocycles. The zero-order valence-electron chi connectivity index (χ0n) is 12.7. The predicted octanol–water partition coefficient (Wildman–Crippen LogP) is 3.42. The van der Waals surface area contributed by atoms with Gasteiger partial charge in [0.1, 0.15) is 0 Å². The van der Waals surface area contributed by atoms with Crippen molar-refractivity contribution in [2.24, 2.45) is 10.9 Å². The number of benzene rings is 1. The third-order valence-corrected chi connectivity index (χ3v) is 3.87. The standard InChI is InChI=1S/C16H25N3.HI/c1-13-4-6-15(7-5-13)12-18-16(17-3)19-10-8-14(2)9-11-19;/h4-7,14H,8-12H2,1-3H3,(H,17,18);1H. The van der Waals surface area contributed by atoms with Crippen LogP contribution in [0.2, 0.25) is 0 Å². The summed E-state index contributed by atoms with van der Waals surface area (Å²) in [5.41, 5.74) is 2.61. The fraction of sp³-hybridized carbons (Fsp3) is 0.562. The van der Waals surface area contributed by atoms with Gasteiger partial charge in [-0.3, -0.25) is 4.99 Å². The maximum absolute atomic E-state index is 4.40. The van der Waals surface area contributed by atoms with E-state index in [2.05, 4.69) is 53.3 Å². The van der Waals surface area contributed by atoms with Gasteiger partial charge in [0, 0.05) is 26.7 Å². The first-order valence-corrected chi connectivity index (χ1v) is 7.20. The van der Waals surface area contributed by atoms with E-state index >= 15 is 0 Å². The van der Waals surface area contributed by atoms with Crippen LogP contribution in [0.25, 0.3) is 0 Å². The number of hydrogen-bond donors (Lipinski definition) is 1. The minimum Gasteiger partial charge on any atom is -0.352 e. The fourth-order valence-corrected chi connectivity index (χ4v) is 2.44. The molecule has 112 valence electrons. The Morgan fingerprint density at radius 2 is 1.85 bits per heavy atom. The summed E-state index contributed by atoms with van der Waals surface area (Å²) in [6.07, 6.45) is 2.54. The van der Waals surface area contributed by atoms with E-state index in [0.29, 0.717) is 0 Å². The molecule has 0 atom stereocenters. The molecule has 0 spiro atoms. The highest BCUT2D eigenvalue weighted by molar-refractivity contribution is 14.0. The molecule has 0 aliphatic carbocycles. The van der Waals surface area contributed by atoms with E-state index in [-0.39, 0.29) is 24.0 Å². The van der Waals surface area contributed by atoms with Crippen molar-refractivity contribution in [1.82, 2.24) is 10.2 Å². The lowest BCUT2D eigenvalue weighted by Gasteiger charge is -2.32. The molecule has 0 radical (unpaired) electrons. The number of nitrogens with zero attached hydrogens (tertiary/aromatic N) is 2. The van der Waals surface area contributed by atoms with Crippen LogP contribution in [0.5, 0.6) is 0 Å². The molecule has 1 aliphatic heterocycles. The van der Waals surface area contributed by atoms with Crippen molar-refractivity contribution in [3.8, 4) is 0 Å². The van der Waals surface area contributed by atoms with E-state index in [1.807, 2.05) is 7.05 Å². The number of hydrogen-bond acceptors (Lipinski definition) is 1. The van der Waals surface area contributed by atoms with Crippen molar-refractivity contribution in [2.75, 3.05) is 20.1 Å². The quantitative estimate of drug-likeness (QED) is 0.479. The third kappa shape index (κ3) is 4.96. The molecule has 1 fully saturated rings. The van der Waals surface area contributed by atoms with Gasteiger partial charge < -0.3 is 10.2 Å². The van der Waals surface area contributed by atoms with Crippen LogP contribution >= 0.6 is 24.0 Å². The van der Waals surface area contributed by atoms with E-state index in [1.54, 1.807) is 0 Å². The molecule has 4 heteroatoms. The Morgan fingerprint density at radius 1 is 1.25 bits per heavy atom. The van der Waals surface area contributed by atoms with Gasteiger partial charge in [0.15, 0.2) is 5.96 Å². The van der Waals surface area contributed by atoms with Crippen LogP contribution in [0.15, 0.2) is 29.3 Å². The molecule has 1 saturated heterocycles. The lowest BCUT2D eigenvalue weighted by molar-refractivity contribution is 0.273. The molecule has 1 aromatic rings. The number of piperidine rings is 1. The van der Waals surface area contributed by atoms with E-state index in [0.717, 1.165) is 31.5 Å². The Morgan fingerprint density at radius 3 is 2.40 bits per heavy atom. The van der Waals surface area contributed by atoms with Crippen molar-refractivity contribution in [3.05, 3.63) is 35.4 Å². The molecule has 0 amide bonds. The molecular formula is C16H26IN3. The second-order valence-corrected chi connectivity index (χ2v) is 5.56. The highest BCUT2D eigenvalue weighted by atomic mass is 127. The Balaban J connectivity index is 0.00000200. The fourth-order valence-electron chi connectivity index (χ4n) is 2.44. The van der Waals surface area contributed by atoms with Gasteiger partial charge in [0.2, 0.25) is 0 Å². The summed E-state index contributed by atoms with van der Waals surface area (Å²) < 4.78 is 0. The summed E-state index contributed by atoms with van der Waals surface area (Å²) in [6.45, 7) is 7.54. The van der Waals surface area contributed by atoms with Crippen LogP contribution in [0, 0.1) is 12.8 Å². The smallest absolute Gasteiger partial charge is 0.193 e. The Kier molecular flexibility index (Phi) is 7.34. The number of aliphatic imine (C=N–C) groups is 1. The summed E-state index contributed by atoms with van der Waals surface area (Å²) in [5.74, 6) is 1.89.